The quantitative estimate of drug-likeness (QED) is 0.642. The van der Waals surface area contributed by atoms with Crippen molar-refractivity contribution < 1.29 is 13.9 Å². The summed E-state index contributed by atoms with van der Waals surface area (Å²) in [6.07, 6.45) is 1.37. The maximum atomic E-state index is 12.5. The van der Waals surface area contributed by atoms with E-state index in [0.717, 1.165) is 18.2 Å². The Kier molecular flexibility index (Phi) is 2.43. The Hall–Kier alpha value is -1.38. The Bertz CT molecular complexity index is 298. The molecule has 3 heteroatoms. The van der Waals surface area contributed by atoms with Gasteiger partial charge < -0.3 is 5.11 Å². The molecule has 0 saturated heterocycles. The van der Waals surface area contributed by atoms with Gasteiger partial charge in [-0.05, 0) is 25.1 Å². The molecule has 1 rings (SSSR count). The summed E-state index contributed by atoms with van der Waals surface area (Å²) in [6, 6.07) is 2.89. The van der Waals surface area contributed by atoms with Gasteiger partial charge in [0, 0.05) is 11.6 Å². The molecule has 0 amide bonds. The topological polar surface area (TPSA) is 20.2 Å². The van der Waals surface area contributed by atoms with Crippen LogP contribution in [-0.2, 0) is 0 Å². The zero-order valence-corrected chi connectivity index (χ0v) is 6.51. The van der Waals surface area contributed by atoms with Crippen molar-refractivity contribution in [3.05, 3.63) is 41.5 Å². The molecule has 64 valence electrons. The highest BCUT2D eigenvalue weighted by atomic mass is 19.1. The van der Waals surface area contributed by atoms with Crippen molar-refractivity contribution in [3.8, 4) is 0 Å². The summed E-state index contributed by atoms with van der Waals surface area (Å²) in [7, 11) is 0. The third-order valence-corrected chi connectivity index (χ3v) is 1.43. The molecule has 12 heavy (non-hydrogen) atoms. The Morgan fingerprint density at radius 2 is 1.75 bits per heavy atom. The number of hydrogen-bond acceptors (Lipinski definition) is 1. The molecule has 0 unspecified atom stereocenters. The first kappa shape index (κ1) is 8.71. The molecular weight excluding hydrogens is 162 g/mol. The van der Waals surface area contributed by atoms with Crippen LogP contribution in [0.5, 0.6) is 0 Å². The molecule has 0 atom stereocenters. The minimum Gasteiger partial charge on any atom is -0.508 e. The van der Waals surface area contributed by atoms with Gasteiger partial charge in [0.25, 0.3) is 0 Å². The number of halogens is 2. The summed E-state index contributed by atoms with van der Waals surface area (Å²) in [5.41, 5.74) is 0.148. The average molecular weight is 170 g/mol. The van der Waals surface area contributed by atoms with Gasteiger partial charge in [0.15, 0.2) is 0 Å². The second-order valence-corrected chi connectivity index (χ2v) is 2.33. The lowest BCUT2D eigenvalue weighted by Gasteiger charge is -1.99. The van der Waals surface area contributed by atoms with Gasteiger partial charge in [0.05, 0.1) is 0 Å². The van der Waals surface area contributed by atoms with E-state index in [-0.39, 0.29) is 11.3 Å². The molecule has 0 saturated carbocycles. The number of hydrogen-bond donors (Lipinski definition) is 1. The van der Waals surface area contributed by atoms with Gasteiger partial charge in [0.2, 0.25) is 0 Å². The molecule has 1 aromatic carbocycles. The van der Waals surface area contributed by atoms with E-state index in [9.17, 15) is 8.78 Å². The van der Waals surface area contributed by atoms with Gasteiger partial charge >= 0.3 is 0 Å². The van der Waals surface area contributed by atoms with Crippen LogP contribution in [0.4, 0.5) is 8.78 Å². The molecule has 1 nitrogen and oxygen atoms in total. The van der Waals surface area contributed by atoms with Crippen LogP contribution in [0, 0.1) is 11.6 Å². The largest absolute Gasteiger partial charge is 0.508 e. The van der Waals surface area contributed by atoms with Crippen LogP contribution in [-0.4, -0.2) is 5.11 Å². The lowest BCUT2D eigenvalue weighted by Crippen LogP contribution is -1.87. The summed E-state index contributed by atoms with van der Waals surface area (Å²) in [6.45, 7) is 1.58. The maximum Gasteiger partial charge on any atom is 0.126 e. The molecule has 0 heterocycles. The Morgan fingerprint density at radius 1 is 1.25 bits per heavy atom. The smallest absolute Gasteiger partial charge is 0.126 e. The number of benzene rings is 1. The predicted octanol–water partition coefficient (Wildman–Crippen LogP) is 2.88. The van der Waals surface area contributed by atoms with Crippen molar-refractivity contribution in [2.45, 2.75) is 6.92 Å². The predicted molar refractivity (Wildman–Crippen MR) is 42.6 cm³/mol. The number of allylic oxidation sites excluding steroid dienone is 1. The Labute approximate surface area is 69.0 Å². The first-order valence-corrected chi connectivity index (χ1v) is 3.45. The zero-order valence-electron chi connectivity index (χ0n) is 6.51. The number of rotatable bonds is 1. The average Bonchev–Trinajstić information content (AvgIpc) is 2.01. The van der Waals surface area contributed by atoms with E-state index in [1.165, 1.54) is 6.08 Å². The summed E-state index contributed by atoms with van der Waals surface area (Å²) >= 11 is 0. The highest BCUT2D eigenvalue weighted by Crippen LogP contribution is 2.14. The van der Waals surface area contributed by atoms with E-state index in [4.69, 9.17) is 5.11 Å². The fourth-order valence-corrected chi connectivity index (χ4v) is 0.868. The van der Waals surface area contributed by atoms with E-state index in [0.29, 0.717) is 0 Å². The lowest BCUT2D eigenvalue weighted by atomic mass is 10.2. The minimum atomic E-state index is -0.696. The van der Waals surface area contributed by atoms with Gasteiger partial charge in [-0.3, -0.25) is 0 Å². The third kappa shape index (κ3) is 1.81. The second kappa shape index (κ2) is 3.34. The van der Waals surface area contributed by atoms with Crippen molar-refractivity contribution in [2.24, 2.45) is 0 Å². The van der Waals surface area contributed by atoms with E-state index >= 15 is 0 Å². The van der Waals surface area contributed by atoms with Crippen LogP contribution in [0.2, 0.25) is 0 Å². The first-order valence-electron chi connectivity index (χ1n) is 3.45. The van der Waals surface area contributed by atoms with Gasteiger partial charge in [-0.25, -0.2) is 8.78 Å². The standard InChI is InChI=1S/C9H8F2O/c1-2-9(12)6-3-7(10)5-8(11)4-6/h2-5,12H,1H3. The van der Waals surface area contributed by atoms with E-state index < -0.39 is 11.6 Å². The van der Waals surface area contributed by atoms with Crippen molar-refractivity contribution in [1.82, 2.24) is 0 Å². The molecule has 1 aromatic rings. The number of aliphatic hydroxyl groups is 1. The van der Waals surface area contributed by atoms with Gasteiger partial charge in [-0.2, -0.15) is 0 Å². The van der Waals surface area contributed by atoms with E-state index in [1.54, 1.807) is 6.92 Å². The van der Waals surface area contributed by atoms with Crippen LogP contribution < -0.4 is 0 Å². The van der Waals surface area contributed by atoms with Gasteiger partial charge in [-0.1, -0.05) is 0 Å². The minimum absolute atomic E-state index is 0.131. The van der Waals surface area contributed by atoms with Crippen molar-refractivity contribution in [1.29, 1.82) is 0 Å². The molecule has 0 aliphatic carbocycles. The van der Waals surface area contributed by atoms with Crippen LogP contribution in [0.1, 0.15) is 12.5 Å². The van der Waals surface area contributed by atoms with Crippen molar-refractivity contribution >= 4 is 5.76 Å². The molecule has 0 fully saturated rings. The lowest BCUT2D eigenvalue weighted by molar-refractivity contribution is 0.507. The van der Waals surface area contributed by atoms with Crippen LogP contribution in [0.3, 0.4) is 0 Å². The molecular formula is C9H8F2O. The van der Waals surface area contributed by atoms with Gasteiger partial charge in [-0.15, -0.1) is 0 Å². The molecule has 0 aromatic heterocycles. The van der Waals surface area contributed by atoms with Crippen LogP contribution in [0.15, 0.2) is 24.3 Å². The van der Waals surface area contributed by atoms with Gasteiger partial charge in [0.1, 0.15) is 17.4 Å². The monoisotopic (exact) mass is 170 g/mol. The molecule has 0 aliphatic rings. The van der Waals surface area contributed by atoms with E-state index in [2.05, 4.69) is 0 Å². The Morgan fingerprint density at radius 3 is 2.17 bits per heavy atom. The normalized spacial score (nSPS) is 11.8. The second-order valence-electron chi connectivity index (χ2n) is 2.33. The highest BCUT2D eigenvalue weighted by Gasteiger charge is 2.02. The number of aliphatic hydroxyl groups excluding tert-OH is 1. The highest BCUT2D eigenvalue weighted by molar-refractivity contribution is 5.57. The summed E-state index contributed by atoms with van der Waals surface area (Å²) < 4.78 is 25.1. The van der Waals surface area contributed by atoms with Crippen LogP contribution in [0.25, 0.3) is 5.76 Å². The van der Waals surface area contributed by atoms with Crippen molar-refractivity contribution in [3.63, 3.8) is 0 Å². The first-order chi connectivity index (χ1) is 5.63. The van der Waals surface area contributed by atoms with Crippen LogP contribution >= 0.6 is 0 Å². The summed E-state index contributed by atoms with van der Waals surface area (Å²) in [5.74, 6) is -1.52. The molecule has 0 aliphatic heterocycles. The molecule has 1 N–H and O–H groups in total. The summed E-state index contributed by atoms with van der Waals surface area (Å²) in [4.78, 5) is 0. The SMILES string of the molecule is CC=C(O)c1cc(F)cc(F)c1. The molecule has 0 bridgehead atoms. The zero-order chi connectivity index (χ0) is 9.14. The third-order valence-electron chi connectivity index (χ3n) is 1.43. The fourth-order valence-electron chi connectivity index (χ4n) is 0.868. The van der Waals surface area contributed by atoms with Crippen molar-refractivity contribution in [2.75, 3.05) is 0 Å². The summed E-state index contributed by atoms with van der Waals surface area (Å²) in [5, 5.41) is 9.11. The Balaban J connectivity index is 3.17. The fraction of sp³-hybridized carbons (Fsp3) is 0.111. The van der Waals surface area contributed by atoms with E-state index in [1.807, 2.05) is 0 Å². The molecule has 0 spiro atoms. The maximum absolute atomic E-state index is 12.5. The molecule has 0 radical (unpaired) electrons.